The van der Waals surface area contributed by atoms with Gasteiger partial charge in [0.1, 0.15) is 5.60 Å². The molecule has 1 aromatic heterocycles. The fraction of sp³-hybridized carbons (Fsp3) is 0.480. The van der Waals surface area contributed by atoms with Gasteiger partial charge in [-0.05, 0) is 50.1 Å². The summed E-state index contributed by atoms with van der Waals surface area (Å²) in [4.78, 5) is 30.9. The number of hydrogen-bond donors (Lipinski definition) is 1. The number of anilines is 1. The number of fused-ring (bicyclic) bond motifs is 1. The molecular formula is C25H35N3O5S. The maximum Gasteiger partial charge on any atom is 0.410 e. The van der Waals surface area contributed by atoms with E-state index >= 15 is 0 Å². The Morgan fingerprint density at radius 1 is 1.09 bits per heavy atom. The van der Waals surface area contributed by atoms with E-state index in [4.69, 9.17) is 4.74 Å². The van der Waals surface area contributed by atoms with Crippen LogP contribution in [-0.2, 0) is 38.9 Å². The Balaban J connectivity index is 0.00000129. The second-order valence-corrected chi connectivity index (χ2v) is 11.4. The second kappa shape index (κ2) is 11.5. The smallest absolute Gasteiger partial charge is 0.410 e. The Labute approximate surface area is 202 Å². The Morgan fingerprint density at radius 3 is 2.26 bits per heavy atom. The van der Waals surface area contributed by atoms with Crippen molar-refractivity contribution in [3.05, 3.63) is 53.3 Å². The molecule has 0 bridgehead atoms. The number of pyridine rings is 1. The zero-order valence-corrected chi connectivity index (χ0v) is 21.7. The van der Waals surface area contributed by atoms with E-state index in [0.717, 1.165) is 11.3 Å². The first-order chi connectivity index (χ1) is 15.9. The van der Waals surface area contributed by atoms with E-state index in [-0.39, 0.29) is 23.0 Å². The van der Waals surface area contributed by atoms with Crippen LogP contribution in [0.1, 0.15) is 64.8 Å². The van der Waals surface area contributed by atoms with E-state index in [0.29, 0.717) is 24.3 Å². The largest absolute Gasteiger partial charge is 0.444 e. The number of nitrogens with zero attached hydrogens (tertiary/aromatic N) is 2. The standard InChI is InChI=1S/C22H27N3O5S.C3H8/c1-5-31(28,29)18-8-6-15(7-9-18)10-20(26)24-17-11-16-13-25(14-19(16)23-12-17)21(27)30-22(2,3)4;1-3-2/h6-9,11-12H,5,10,13-14H2,1-4H3,(H,24,26);3H2,1-2H3. The first kappa shape index (κ1) is 27.3. The van der Waals surface area contributed by atoms with E-state index in [2.05, 4.69) is 24.1 Å². The Morgan fingerprint density at radius 2 is 1.71 bits per heavy atom. The van der Waals surface area contributed by atoms with Crippen LogP contribution in [0.2, 0.25) is 0 Å². The SMILES string of the molecule is CCC.CCS(=O)(=O)c1ccc(CC(=O)Nc2cnc3c(c2)CN(C(=O)OC(C)(C)C)C3)cc1. The van der Waals surface area contributed by atoms with Crippen LogP contribution < -0.4 is 5.32 Å². The summed E-state index contributed by atoms with van der Waals surface area (Å²) >= 11 is 0. The van der Waals surface area contributed by atoms with E-state index in [9.17, 15) is 18.0 Å². The van der Waals surface area contributed by atoms with Gasteiger partial charge >= 0.3 is 6.09 Å². The van der Waals surface area contributed by atoms with Crippen molar-refractivity contribution in [3.8, 4) is 0 Å². The van der Waals surface area contributed by atoms with E-state index in [1.807, 2.05) is 26.8 Å². The summed E-state index contributed by atoms with van der Waals surface area (Å²) in [6.45, 7) is 12.0. The zero-order valence-electron chi connectivity index (χ0n) is 20.8. The van der Waals surface area contributed by atoms with Gasteiger partial charge < -0.3 is 10.1 Å². The monoisotopic (exact) mass is 489 g/mol. The van der Waals surface area contributed by atoms with E-state index < -0.39 is 21.5 Å². The maximum absolute atomic E-state index is 12.4. The lowest BCUT2D eigenvalue weighted by atomic mass is 10.1. The Kier molecular flexibility index (Phi) is 9.21. The van der Waals surface area contributed by atoms with Crippen LogP contribution in [0.4, 0.5) is 10.5 Å². The minimum Gasteiger partial charge on any atom is -0.444 e. The van der Waals surface area contributed by atoms with Crippen molar-refractivity contribution < 1.29 is 22.7 Å². The molecule has 0 atom stereocenters. The molecule has 0 fully saturated rings. The van der Waals surface area contributed by atoms with Gasteiger partial charge in [0.15, 0.2) is 9.84 Å². The highest BCUT2D eigenvalue weighted by molar-refractivity contribution is 7.91. The van der Waals surface area contributed by atoms with Crippen LogP contribution in [-0.4, -0.2) is 41.7 Å². The number of carbonyl (C=O) groups excluding carboxylic acids is 2. The highest BCUT2D eigenvalue weighted by Crippen LogP contribution is 2.25. The van der Waals surface area contributed by atoms with Crippen molar-refractivity contribution >= 4 is 27.5 Å². The number of nitrogens with one attached hydrogen (secondary N) is 1. The van der Waals surface area contributed by atoms with Gasteiger partial charge in [-0.2, -0.15) is 0 Å². The molecule has 1 aliphatic heterocycles. The van der Waals surface area contributed by atoms with Crippen molar-refractivity contribution in [1.29, 1.82) is 0 Å². The predicted molar refractivity (Wildman–Crippen MR) is 132 cm³/mol. The fourth-order valence-corrected chi connectivity index (χ4v) is 4.04. The molecule has 0 unspecified atom stereocenters. The van der Waals surface area contributed by atoms with E-state index in [1.165, 1.54) is 18.6 Å². The molecule has 1 N–H and O–H groups in total. The molecule has 8 nitrogen and oxygen atoms in total. The number of sulfone groups is 1. The van der Waals surface area contributed by atoms with Gasteiger partial charge in [-0.15, -0.1) is 0 Å². The number of benzene rings is 1. The molecule has 2 amide bonds. The van der Waals surface area contributed by atoms with Gasteiger partial charge in [-0.1, -0.05) is 39.3 Å². The summed E-state index contributed by atoms with van der Waals surface area (Å²) in [5.41, 5.74) is 2.31. The third-order valence-electron chi connectivity index (χ3n) is 4.72. The molecule has 2 heterocycles. The lowest BCUT2D eigenvalue weighted by Gasteiger charge is -2.23. The zero-order chi connectivity index (χ0) is 25.5. The molecule has 9 heteroatoms. The fourth-order valence-electron chi connectivity index (χ4n) is 3.16. The Hall–Kier alpha value is -2.94. The third-order valence-corrected chi connectivity index (χ3v) is 6.47. The number of hydrogen-bond acceptors (Lipinski definition) is 6. The lowest BCUT2D eigenvalue weighted by Crippen LogP contribution is -2.33. The van der Waals surface area contributed by atoms with Gasteiger partial charge in [-0.3, -0.25) is 14.7 Å². The maximum atomic E-state index is 12.4. The summed E-state index contributed by atoms with van der Waals surface area (Å²) in [5, 5.41) is 2.80. The summed E-state index contributed by atoms with van der Waals surface area (Å²) in [6.07, 6.45) is 2.52. The first-order valence-corrected chi connectivity index (χ1v) is 13.1. The van der Waals surface area contributed by atoms with Crippen molar-refractivity contribution in [2.24, 2.45) is 0 Å². The summed E-state index contributed by atoms with van der Waals surface area (Å²) in [7, 11) is -3.26. The van der Waals surface area contributed by atoms with Crippen LogP contribution in [0, 0.1) is 0 Å². The van der Waals surface area contributed by atoms with E-state index in [1.54, 1.807) is 30.2 Å². The predicted octanol–water partition coefficient (Wildman–Crippen LogP) is 4.72. The molecule has 0 spiro atoms. The quantitative estimate of drug-likeness (QED) is 0.651. The van der Waals surface area contributed by atoms with Crippen LogP contribution in [0.15, 0.2) is 41.4 Å². The highest BCUT2D eigenvalue weighted by atomic mass is 32.2. The van der Waals surface area contributed by atoms with Gasteiger partial charge in [0.25, 0.3) is 0 Å². The van der Waals surface area contributed by atoms with Gasteiger partial charge in [0, 0.05) is 0 Å². The molecule has 186 valence electrons. The van der Waals surface area contributed by atoms with Gasteiger partial charge in [-0.25, -0.2) is 13.2 Å². The van der Waals surface area contributed by atoms with Crippen molar-refractivity contribution in [2.45, 2.75) is 78.0 Å². The summed E-state index contributed by atoms with van der Waals surface area (Å²) < 4.78 is 29.2. The average Bonchev–Trinajstić information content (AvgIpc) is 3.17. The molecular weight excluding hydrogens is 454 g/mol. The summed E-state index contributed by atoms with van der Waals surface area (Å²) in [6, 6.07) is 8.12. The molecule has 0 saturated carbocycles. The molecule has 0 saturated heterocycles. The molecule has 2 aromatic rings. The molecule has 1 aromatic carbocycles. The number of aromatic nitrogens is 1. The van der Waals surface area contributed by atoms with Gasteiger partial charge in [0.05, 0.1) is 47.7 Å². The number of carbonyl (C=O) groups is 2. The average molecular weight is 490 g/mol. The molecule has 3 rings (SSSR count). The summed E-state index contributed by atoms with van der Waals surface area (Å²) in [5.74, 6) is -0.210. The number of rotatable bonds is 5. The van der Waals surface area contributed by atoms with Crippen LogP contribution in [0.5, 0.6) is 0 Å². The van der Waals surface area contributed by atoms with Crippen molar-refractivity contribution in [3.63, 3.8) is 0 Å². The number of ether oxygens (including phenoxy) is 1. The molecule has 34 heavy (non-hydrogen) atoms. The van der Waals surface area contributed by atoms with Crippen molar-refractivity contribution in [1.82, 2.24) is 9.88 Å². The molecule has 0 radical (unpaired) electrons. The topological polar surface area (TPSA) is 106 Å². The number of amides is 2. The minimum absolute atomic E-state index is 0.0313. The Bertz CT molecular complexity index is 1110. The van der Waals surface area contributed by atoms with Crippen molar-refractivity contribution in [2.75, 3.05) is 11.1 Å². The molecule has 1 aliphatic rings. The lowest BCUT2D eigenvalue weighted by molar-refractivity contribution is -0.115. The second-order valence-electron chi connectivity index (χ2n) is 9.15. The van der Waals surface area contributed by atoms with Crippen LogP contribution >= 0.6 is 0 Å². The molecule has 0 aliphatic carbocycles. The van der Waals surface area contributed by atoms with Gasteiger partial charge in [0.2, 0.25) is 5.91 Å². The van der Waals surface area contributed by atoms with Crippen LogP contribution in [0.25, 0.3) is 0 Å². The first-order valence-electron chi connectivity index (χ1n) is 11.5. The highest BCUT2D eigenvalue weighted by Gasteiger charge is 2.28. The normalized spacial score (nSPS) is 12.9. The third kappa shape index (κ3) is 7.83. The van der Waals surface area contributed by atoms with Crippen LogP contribution in [0.3, 0.4) is 0 Å². The minimum atomic E-state index is -3.26.